The van der Waals surface area contributed by atoms with Crippen molar-refractivity contribution in [2.75, 3.05) is 5.43 Å². The maximum Gasteiger partial charge on any atom is 0.162 e. The lowest BCUT2D eigenvalue weighted by molar-refractivity contribution is 0.471. The number of hydrogen-bond donors (Lipinski definition) is 2. The molecule has 1 aromatic heterocycles. The first-order chi connectivity index (χ1) is 15.0. The molecule has 1 heterocycles. The second-order valence-corrected chi connectivity index (χ2v) is 8.06. The highest BCUT2D eigenvalue weighted by Gasteiger charge is 2.09. The normalized spacial score (nSPS) is 11.4. The van der Waals surface area contributed by atoms with Crippen molar-refractivity contribution in [1.82, 2.24) is 9.97 Å². The van der Waals surface area contributed by atoms with Gasteiger partial charge in [0, 0.05) is 21.7 Å². The van der Waals surface area contributed by atoms with Crippen LogP contribution in [0.4, 0.5) is 5.82 Å². The zero-order chi connectivity index (χ0) is 21.8. The fourth-order valence-corrected chi connectivity index (χ4v) is 3.34. The largest absolute Gasteiger partial charge is 0.508 e. The van der Waals surface area contributed by atoms with E-state index in [9.17, 15) is 5.11 Å². The quantitative estimate of drug-likeness (QED) is 0.259. The molecule has 0 fully saturated rings. The highest BCUT2D eigenvalue weighted by atomic mass is 79.9. The molecule has 0 aliphatic rings. The Morgan fingerprint density at radius 1 is 0.903 bits per heavy atom. The maximum atomic E-state index is 9.75. The van der Waals surface area contributed by atoms with E-state index in [0.29, 0.717) is 11.6 Å². The molecule has 0 aliphatic heterocycles. The van der Waals surface area contributed by atoms with Gasteiger partial charge >= 0.3 is 0 Å². The average molecular weight is 473 g/mol. The van der Waals surface area contributed by atoms with Crippen molar-refractivity contribution in [3.8, 4) is 28.4 Å². The van der Waals surface area contributed by atoms with Crippen molar-refractivity contribution in [1.29, 1.82) is 0 Å². The van der Waals surface area contributed by atoms with E-state index in [1.54, 1.807) is 6.07 Å². The molecule has 6 heteroatoms. The summed E-state index contributed by atoms with van der Waals surface area (Å²) in [6.45, 7) is 3.77. The first-order valence-electron chi connectivity index (χ1n) is 9.80. The molecule has 0 saturated heterocycles. The van der Waals surface area contributed by atoms with Crippen LogP contribution in [-0.4, -0.2) is 20.8 Å². The van der Waals surface area contributed by atoms with E-state index in [0.717, 1.165) is 38.1 Å². The minimum absolute atomic E-state index is 0.270. The van der Waals surface area contributed by atoms with E-state index in [-0.39, 0.29) is 5.75 Å². The molecule has 0 amide bonds. The summed E-state index contributed by atoms with van der Waals surface area (Å²) in [5.74, 6) is 1.48. The van der Waals surface area contributed by atoms with Crippen LogP contribution >= 0.6 is 15.9 Å². The first kappa shape index (κ1) is 20.8. The standard InChI is InChI=1S/C25H21BrN4O/c1-16-14-20(10-13-23(16)31)17(2)29-30-24-15-22(18-6-4-3-5-7-18)27-25(28-24)19-8-11-21(26)12-9-19/h3-15,31H,1-2H3,(H,27,28,30)/b29-17+. The number of aromatic hydroxyl groups is 1. The van der Waals surface area contributed by atoms with E-state index in [2.05, 4.69) is 31.4 Å². The summed E-state index contributed by atoms with van der Waals surface area (Å²) in [6, 6.07) is 25.2. The van der Waals surface area contributed by atoms with Crippen LogP contribution in [0.15, 0.2) is 88.4 Å². The van der Waals surface area contributed by atoms with Crippen molar-refractivity contribution in [3.05, 3.63) is 94.5 Å². The number of hydrogen-bond acceptors (Lipinski definition) is 5. The second-order valence-electron chi connectivity index (χ2n) is 7.15. The van der Waals surface area contributed by atoms with E-state index in [4.69, 9.17) is 4.98 Å². The van der Waals surface area contributed by atoms with Crippen molar-refractivity contribution in [3.63, 3.8) is 0 Å². The van der Waals surface area contributed by atoms with Gasteiger partial charge < -0.3 is 5.11 Å². The van der Waals surface area contributed by atoms with Crippen LogP contribution < -0.4 is 5.43 Å². The fourth-order valence-electron chi connectivity index (χ4n) is 3.08. The Bertz CT molecular complexity index is 1240. The van der Waals surface area contributed by atoms with Crippen molar-refractivity contribution in [2.45, 2.75) is 13.8 Å². The number of aromatic nitrogens is 2. The van der Waals surface area contributed by atoms with Crippen LogP contribution in [0.2, 0.25) is 0 Å². The Morgan fingerprint density at radius 2 is 1.65 bits per heavy atom. The first-order valence-corrected chi connectivity index (χ1v) is 10.6. The number of nitrogens with one attached hydrogen (secondary N) is 1. The summed E-state index contributed by atoms with van der Waals surface area (Å²) in [6.07, 6.45) is 0. The summed E-state index contributed by atoms with van der Waals surface area (Å²) in [4.78, 5) is 9.44. The summed E-state index contributed by atoms with van der Waals surface area (Å²) in [5.41, 5.74) is 8.31. The molecule has 4 aromatic rings. The minimum atomic E-state index is 0.270. The van der Waals surface area contributed by atoms with Crippen LogP contribution in [0.3, 0.4) is 0 Å². The maximum absolute atomic E-state index is 9.75. The SMILES string of the molecule is C/C(=N\Nc1cc(-c2ccccc2)nc(-c2ccc(Br)cc2)n1)c1ccc(O)c(C)c1. The summed E-state index contributed by atoms with van der Waals surface area (Å²) >= 11 is 3.47. The summed E-state index contributed by atoms with van der Waals surface area (Å²) in [7, 11) is 0. The van der Waals surface area contributed by atoms with Gasteiger partial charge in [0.1, 0.15) is 5.75 Å². The van der Waals surface area contributed by atoms with Gasteiger partial charge in [0.05, 0.1) is 11.4 Å². The van der Waals surface area contributed by atoms with E-state index >= 15 is 0 Å². The number of nitrogens with zero attached hydrogens (tertiary/aromatic N) is 3. The lowest BCUT2D eigenvalue weighted by Gasteiger charge is -2.10. The lowest BCUT2D eigenvalue weighted by atomic mass is 10.1. The molecule has 2 N–H and O–H groups in total. The van der Waals surface area contributed by atoms with Gasteiger partial charge in [0.15, 0.2) is 11.6 Å². The van der Waals surface area contributed by atoms with Crippen LogP contribution in [0.1, 0.15) is 18.1 Å². The fraction of sp³-hybridized carbons (Fsp3) is 0.0800. The predicted octanol–water partition coefficient (Wildman–Crippen LogP) is 6.42. The monoisotopic (exact) mass is 472 g/mol. The van der Waals surface area contributed by atoms with Gasteiger partial charge in [0.25, 0.3) is 0 Å². The highest BCUT2D eigenvalue weighted by molar-refractivity contribution is 9.10. The Kier molecular flexibility index (Phi) is 6.09. The van der Waals surface area contributed by atoms with Crippen LogP contribution in [0.25, 0.3) is 22.6 Å². The highest BCUT2D eigenvalue weighted by Crippen LogP contribution is 2.25. The molecule has 0 aliphatic carbocycles. The molecule has 154 valence electrons. The number of halogens is 1. The average Bonchev–Trinajstić information content (AvgIpc) is 2.80. The lowest BCUT2D eigenvalue weighted by Crippen LogP contribution is -2.03. The van der Waals surface area contributed by atoms with E-state index in [1.807, 2.05) is 86.6 Å². The van der Waals surface area contributed by atoms with Gasteiger partial charge in [0.2, 0.25) is 0 Å². The van der Waals surface area contributed by atoms with Gasteiger partial charge in [-0.3, -0.25) is 5.43 Å². The number of benzene rings is 3. The molecule has 0 spiro atoms. The Morgan fingerprint density at radius 3 is 2.35 bits per heavy atom. The van der Waals surface area contributed by atoms with E-state index in [1.165, 1.54) is 0 Å². The molecule has 0 unspecified atom stereocenters. The molecule has 3 aromatic carbocycles. The molecular weight excluding hydrogens is 452 g/mol. The number of hydrazone groups is 1. The predicted molar refractivity (Wildman–Crippen MR) is 129 cm³/mol. The zero-order valence-electron chi connectivity index (χ0n) is 17.2. The summed E-state index contributed by atoms with van der Waals surface area (Å²) < 4.78 is 0.998. The number of anilines is 1. The third kappa shape index (κ3) is 4.98. The number of rotatable bonds is 5. The smallest absolute Gasteiger partial charge is 0.162 e. The van der Waals surface area contributed by atoms with Crippen molar-refractivity contribution < 1.29 is 5.11 Å². The second kappa shape index (κ2) is 9.10. The van der Waals surface area contributed by atoms with E-state index < -0.39 is 0 Å². The summed E-state index contributed by atoms with van der Waals surface area (Å²) in [5, 5.41) is 14.3. The van der Waals surface area contributed by atoms with Gasteiger partial charge in [-0.05, 0) is 55.3 Å². The zero-order valence-corrected chi connectivity index (χ0v) is 18.8. The number of aryl methyl sites for hydroxylation is 1. The number of phenolic OH excluding ortho intramolecular Hbond substituents is 1. The minimum Gasteiger partial charge on any atom is -0.508 e. The van der Waals surface area contributed by atoms with Crippen molar-refractivity contribution >= 4 is 27.5 Å². The molecule has 0 atom stereocenters. The Labute approximate surface area is 189 Å². The molecule has 0 bridgehead atoms. The van der Waals surface area contributed by atoms with Gasteiger partial charge in [-0.15, -0.1) is 0 Å². The molecule has 4 rings (SSSR count). The Hall–Kier alpha value is -3.51. The van der Waals surface area contributed by atoms with Crippen LogP contribution in [0.5, 0.6) is 5.75 Å². The van der Waals surface area contributed by atoms with Gasteiger partial charge in [-0.2, -0.15) is 5.10 Å². The molecule has 0 saturated carbocycles. The molecule has 31 heavy (non-hydrogen) atoms. The number of phenols is 1. The third-order valence-corrected chi connectivity index (χ3v) is 5.38. The Balaban J connectivity index is 1.71. The van der Waals surface area contributed by atoms with Gasteiger partial charge in [-0.25, -0.2) is 9.97 Å². The third-order valence-electron chi connectivity index (χ3n) is 4.85. The molecular formula is C25H21BrN4O. The van der Waals surface area contributed by atoms with Crippen LogP contribution in [-0.2, 0) is 0 Å². The van der Waals surface area contributed by atoms with Gasteiger partial charge in [-0.1, -0.05) is 58.4 Å². The topological polar surface area (TPSA) is 70.4 Å². The van der Waals surface area contributed by atoms with Crippen molar-refractivity contribution in [2.24, 2.45) is 5.10 Å². The molecule has 0 radical (unpaired) electrons. The van der Waals surface area contributed by atoms with Crippen LogP contribution in [0, 0.1) is 6.92 Å². The molecule has 5 nitrogen and oxygen atoms in total.